The first-order valence-electron chi connectivity index (χ1n) is 19.4. The lowest BCUT2D eigenvalue weighted by Crippen LogP contribution is -2.39. The summed E-state index contributed by atoms with van der Waals surface area (Å²) in [7, 11) is 0. The molecule has 1 aliphatic heterocycles. The fourth-order valence-corrected chi connectivity index (χ4v) is 7.61. The normalized spacial score (nSPS) is 13.0. The second-order valence-corrected chi connectivity index (χ2v) is 15.4. The van der Waals surface area contributed by atoms with E-state index in [1.807, 2.05) is 48.5 Å². The van der Waals surface area contributed by atoms with Crippen LogP contribution in [-0.2, 0) is 38.8 Å². The summed E-state index contributed by atoms with van der Waals surface area (Å²) >= 11 is 0.749. The molecule has 2 unspecified atom stereocenters. The molecule has 1 aliphatic rings. The number of amides is 4. The molecule has 5 aromatic rings. The van der Waals surface area contributed by atoms with Gasteiger partial charge in [-0.25, -0.2) is 9.48 Å². The van der Waals surface area contributed by atoms with Crippen molar-refractivity contribution in [2.24, 2.45) is 5.73 Å². The molecule has 4 heterocycles. The zero-order valence-corrected chi connectivity index (χ0v) is 33.4. The fraction of sp³-hybridized carbons (Fsp3) is 0.310. The van der Waals surface area contributed by atoms with E-state index < -0.39 is 41.5 Å². The number of aliphatic carboxylic acids is 2. The first-order chi connectivity index (χ1) is 29.0. The van der Waals surface area contributed by atoms with E-state index in [0.29, 0.717) is 56.0 Å². The standard InChI is InChI=1S/C42H45N9O8S/c43-33(40(55)56)25-60-36(41(57)58)20-37(52)47-22-38(53)46-15-3-1-2-4-18-51-39(54)32(30-7-5-9-34-31(30)8-6-16-45-34)19-35(49-51)26-10-12-29(13-11-26)48-42(59)50-23-27-14-17-44-21-28(27)24-50/h5-14,16-17,19,21,33,36H,1-4,15,18,20,22-25,43H2,(H,46,53)(H,47,52)(H,48,59)(H,55,56)(H,57,58). The van der Waals surface area contributed by atoms with Crippen molar-refractivity contribution in [1.82, 2.24) is 35.3 Å². The van der Waals surface area contributed by atoms with E-state index in [9.17, 15) is 33.9 Å². The zero-order chi connectivity index (χ0) is 42.6. The highest BCUT2D eigenvalue weighted by atomic mass is 32.2. The Bertz CT molecular complexity index is 2400. The molecule has 3 aromatic heterocycles. The number of nitrogens with one attached hydrogen (secondary N) is 3. The van der Waals surface area contributed by atoms with Gasteiger partial charge in [-0.1, -0.05) is 43.2 Å². The van der Waals surface area contributed by atoms with Crippen LogP contribution in [0.25, 0.3) is 33.3 Å². The minimum absolute atomic E-state index is 0.184. The molecule has 0 saturated carbocycles. The summed E-state index contributed by atoms with van der Waals surface area (Å²) in [5.74, 6) is -3.85. The molecule has 6 rings (SSSR count). The molecule has 2 atom stereocenters. The number of carbonyl (C=O) groups excluding carboxylic acids is 3. The monoisotopic (exact) mass is 835 g/mol. The highest BCUT2D eigenvalue weighted by molar-refractivity contribution is 8.00. The number of thioether (sulfide) groups is 1. The van der Waals surface area contributed by atoms with E-state index in [-0.39, 0.29) is 23.9 Å². The van der Waals surface area contributed by atoms with Gasteiger partial charge in [-0.15, -0.1) is 11.8 Å². The Labute approximate surface area is 348 Å². The van der Waals surface area contributed by atoms with Gasteiger partial charge >= 0.3 is 18.0 Å². The molecule has 0 saturated heterocycles. The van der Waals surface area contributed by atoms with Gasteiger partial charge in [-0.2, -0.15) is 5.10 Å². The summed E-state index contributed by atoms with van der Waals surface area (Å²) in [4.78, 5) is 84.3. The van der Waals surface area contributed by atoms with E-state index in [1.54, 1.807) is 41.7 Å². The number of rotatable bonds is 19. The van der Waals surface area contributed by atoms with Crippen molar-refractivity contribution in [2.45, 2.75) is 63.0 Å². The van der Waals surface area contributed by atoms with Crippen LogP contribution < -0.4 is 27.2 Å². The van der Waals surface area contributed by atoms with Gasteiger partial charge in [0.2, 0.25) is 11.8 Å². The minimum Gasteiger partial charge on any atom is -0.480 e. The number of hydrogen-bond donors (Lipinski definition) is 6. The van der Waals surface area contributed by atoms with Crippen molar-refractivity contribution >= 4 is 58.1 Å². The number of unbranched alkanes of at least 4 members (excludes halogenated alkanes) is 3. The second-order valence-electron chi connectivity index (χ2n) is 14.2. The lowest BCUT2D eigenvalue weighted by atomic mass is 10.00. The summed E-state index contributed by atoms with van der Waals surface area (Å²) in [6.45, 7) is 1.35. The molecule has 4 amide bonds. The molecule has 0 fully saturated rings. The number of carboxylic acid groups (broad SMARTS) is 2. The summed E-state index contributed by atoms with van der Waals surface area (Å²) in [6.07, 6.45) is 7.53. The predicted molar refractivity (Wildman–Crippen MR) is 226 cm³/mol. The zero-order valence-electron chi connectivity index (χ0n) is 32.6. The van der Waals surface area contributed by atoms with Crippen LogP contribution in [-0.4, -0.2) is 94.8 Å². The van der Waals surface area contributed by atoms with E-state index in [1.165, 1.54) is 4.68 Å². The molecule has 0 aliphatic carbocycles. The molecule has 7 N–H and O–H groups in total. The lowest BCUT2D eigenvalue weighted by molar-refractivity contribution is -0.139. The smallest absolute Gasteiger partial charge is 0.322 e. The third kappa shape index (κ3) is 11.3. The van der Waals surface area contributed by atoms with Crippen molar-refractivity contribution in [3.8, 4) is 22.4 Å². The number of aromatic nitrogens is 4. The third-order valence-corrected chi connectivity index (χ3v) is 11.2. The molecule has 17 nitrogen and oxygen atoms in total. The quantitative estimate of drug-likeness (QED) is 0.0648. The number of carboxylic acids is 2. The molecular weight excluding hydrogens is 791 g/mol. The van der Waals surface area contributed by atoms with Gasteiger partial charge in [0, 0.05) is 73.6 Å². The SMILES string of the molecule is NC(CSC(CC(=O)NCC(=O)NCCCCCCn1nc(-c2ccc(NC(=O)N3Cc4ccncc4C3)cc2)cc(-c2cccc3ncccc23)c1=O)C(=O)O)C(=O)O. The van der Waals surface area contributed by atoms with Gasteiger partial charge in [0.1, 0.15) is 11.3 Å². The van der Waals surface area contributed by atoms with E-state index in [0.717, 1.165) is 57.8 Å². The molecule has 0 spiro atoms. The van der Waals surface area contributed by atoms with Gasteiger partial charge in [-0.3, -0.25) is 33.9 Å². The maximum atomic E-state index is 14.0. The first kappa shape index (κ1) is 42.9. The maximum Gasteiger partial charge on any atom is 0.322 e. The Morgan fingerprint density at radius 3 is 2.38 bits per heavy atom. The van der Waals surface area contributed by atoms with Gasteiger partial charge in [-0.05, 0) is 65.9 Å². The average Bonchev–Trinajstić information content (AvgIpc) is 3.69. The summed E-state index contributed by atoms with van der Waals surface area (Å²) in [5, 5.41) is 30.7. The van der Waals surface area contributed by atoms with Crippen LogP contribution in [0.2, 0.25) is 0 Å². The molecule has 312 valence electrons. The van der Waals surface area contributed by atoms with Crippen molar-refractivity contribution < 1.29 is 34.2 Å². The molecule has 18 heteroatoms. The highest BCUT2D eigenvalue weighted by Crippen LogP contribution is 2.29. The van der Waals surface area contributed by atoms with E-state index in [4.69, 9.17) is 15.9 Å². The Morgan fingerprint density at radius 1 is 0.833 bits per heavy atom. The number of carbonyl (C=O) groups is 5. The highest BCUT2D eigenvalue weighted by Gasteiger charge is 2.25. The number of pyridine rings is 2. The molecule has 0 bridgehead atoms. The van der Waals surface area contributed by atoms with Crippen LogP contribution in [0.3, 0.4) is 0 Å². The van der Waals surface area contributed by atoms with E-state index >= 15 is 0 Å². The fourth-order valence-electron chi connectivity index (χ4n) is 6.61. The summed E-state index contributed by atoms with van der Waals surface area (Å²) in [5.41, 5.74) is 11.2. The Balaban J connectivity index is 1.03. The predicted octanol–water partition coefficient (Wildman–Crippen LogP) is 3.85. The number of urea groups is 1. The molecule has 0 radical (unpaired) electrons. The minimum atomic E-state index is -1.29. The molecule has 60 heavy (non-hydrogen) atoms. The Hall–Kier alpha value is -6.66. The number of fused-ring (bicyclic) bond motifs is 2. The largest absolute Gasteiger partial charge is 0.480 e. The number of nitrogens with two attached hydrogens (primary N) is 1. The van der Waals surface area contributed by atoms with Crippen LogP contribution in [0.1, 0.15) is 43.2 Å². The maximum absolute atomic E-state index is 14.0. The Morgan fingerprint density at radius 2 is 1.62 bits per heavy atom. The first-order valence-corrected chi connectivity index (χ1v) is 20.4. The van der Waals surface area contributed by atoms with Crippen LogP contribution in [0.5, 0.6) is 0 Å². The van der Waals surface area contributed by atoms with Crippen LogP contribution >= 0.6 is 11.8 Å². The molecule has 2 aromatic carbocycles. The van der Waals surface area contributed by atoms with Gasteiger partial charge in [0.05, 0.1) is 23.3 Å². The van der Waals surface area contributed by atoms with Crippen molar-refractivity contribution in [3.63, 3.8) is 0 Å². The number of hydrogen-bond acceptors (Lipinski definition) is 11. The lowest BCUT2D eigenvalue weighted by Gasteiger charge is -2.17. The van der Waals surface area contributed by atoms with Crippen molar-refractivity contribution in [1.29, 1.82) is 0 Å². The summed E-state index contributed by atoms with van der Waals surface area (Å²) in [6, 6.07) is 19.0. The van der Waals surface area contributed by atoms with E-state index in [2.05, 4.69) is 25.9 Å². The number of nitrogens with zero attached hydrogens (tertiary/aromatic N) is 5. The summed E-state index contributed by atoms with van der Waals surface area (Å²) < 4.78 is 1.48. The average molecular weight is 836 g/mol. The number of aryl methyl sites for hydroxylation is 1. The molecular formula is C42H45N9O8S. The number of benzene rings is 2. The topological polar surface area (TPSA) is 252 Å². The Kier molecular flexibility index (Phi) is 14.6. The van der Waals surface area contributed by atoms with Crippen molar-refractivity contribution in [3.05, 3.63) is 107 Å². The third-order valence-electron chi connectivity index (χ3n) is 9.86. The van der Waals surface area contributed by atoms with Crippen LogP contribution in [0, 0.1) is 0 Å². The van der Waals surface area contributed by atoms with Crippen molar-refractivity contribution in [2.75, 3.05) is 24.2 Å². The second kappa shape index (κ2) is 20.3. The van der Waals surface area contributed by atoms with Gasteiger partial charge in [0.25, 0.3) is 5.56 Å². The number of anilines is 1. The van der Waals surface area contributed by atoms with Gasteiger partial charge < -0.3 is 36.8 Å². The van der Waals surface area contributed by atoms with Crippen LogP contribution in [0.15, 0.2) is 90.1 Å². The van der Waals surface area contributed by atoms with Gasteiger partial charge in [0.15, 0.2) is 0 Å². The van der Waals surface area contributed by atoms with Crippen LogP contribution in [0.4, 0.5) is 10.5 Å².